The fourth-order valence-corrected chi connectivity index (χ4v) is 2.52. The lowest BCUT2D eigenvalue weighted by atomic mass is 10.2. The predicted molar refractivity (Wildman–Crippen MR) is 72.4 cm³/mol. The number of anilines is 1. The van der Waals surface area contributed by atoms with Gasteiger partial charge in [0.1, 0.15) is 5.82 Å². The van der Waals surface area contributed by atoms with Gasteiger partial charge in [-0.2, -0.15) is 0 Å². The van der Waals surface area contributed by atoms with Gasteiger partial charge in [0.05, 0.1) is 5.02 Å². The van der Waals surface area contributed by atoms with Crippen LogP contribution in [0, 0.1) is 0 Å². The average molecular weight is 269 g/mol. The highest BCUT2D eigenvalue weighted by Gasteiger charge is 2.17. The summed E-state index contributed by atoms with van der Waals surface area (Å²) < 4.78 is 0. The summed E-state index contributed by atoms with van der Waals surface area (Å²) >= 11 is 6.29. The van der Waals surface area contributed by atoms with Gasteiger partial charge in [-0.3, -0.25) is 0 Å². The molecule has 0 unspecified atom stereocenters. The zero-order valence-corrected chi connectivity index (χ0v) is 10.9. The molecule has 1 aromatic rings. The van der Waals surface area contributed by atoms with Crippen LogP contribution in [0.25, 0.3) is 0 Å². The molecular formula is C12H17ClN4O. The lowest BCUT2D eigenvalue weighted by Crippen LogP contribution is -2.26. The molecular weight excluding hydrogens is 252 g/mol. The number of pyridine rings is 1. The minimum absolute atomic E-state index is 0.0125. The van der Waals surface area contributed by atoms with Gasteiger partial charge >= 0.3 is 0 Å². The predicted octanol–water partition coefficient (Wildman–Crippen LogP) is 2.21. The third-order valence-corrected chi connectivity index (χ3v) is 3.53. The Balaban J connectivity index is 2.32. The van der Waals surface area contributed by atoms with E-state index < -0.39 is 0 Å². The third kappa shape index (κ3) is 2.67. The average Bonchev–Trinajstić information content (AvgIpc) is 2.67. The molecule has 5 nitrogen and oxygen atoms in total. The maximum absolute atomic E-state index is 8.73. The van der Waals surface area contributed by atoms with Gasteiger partial charge < -0.3 is 15.8 Å². The molecule has 98 valence electrons. The number of amidine groups is 1. The monoisotopic (exact) mass is 268 g/mol. The zero-order chi connectivity index (χ0) is 13.0. The summed E-state index contributed by atoms with van der Waals surface area (Å²) in [6.45, 7) is 1.90. The smallest absolute Gasteiger partial charge is 0.171 e. The molecule has 1 saturated heterocycles. The molecule has 0 saturated carbocycles. The van der Waals surface area contributed by atoms with Crippen LogP contribution >= 0.6 is 11.6 Å². The van der Waals surface area contributed by atoms with E-state index in [-0.39, 0.29) is 5.84 Å². The highest BCUT2D eigenvalue weighted by Crippen LogP contribution is 2.28. The largest absolute Gasteiger partial charge is 0.409 e. The van der Waals surface area contributed by atoms with Crippen molar-refractivity contribution in [1.29, 1.82) is 0 Å². The highest BCUT2D eigenvalue weighted by molar-refractivity contribution is 6.36. The Morgan fingerprint density at radius 2 is 2.00 bits per heavy atom. The number of halogens is 1. The van der Waals surface area contributed by atoms with E-state index in [1.807, 2.05) is 0 Å². The summed E-state index contributed by atoms with van der Waals surface area (Å²) in [5, 5.41) is 12.2. The number of rotatable bonds is 2. The van der Waals surface area contributed by atoms with Crippen molar-refractivity contribution < 1.29 is 5.21 Å². The summed E-state index contributed by atoms with van der Waals surface area (Å²) in [6.07, 6.45) is 6.42. The topological polar surface area (TPSA) is 74.7 Å². The summed E-state index contributed by atoms with van der Waals surface area (Å²) in [6, 6.07) is 1.65. The van der Waals surface area contributed by atoms with Gasteiger partial charge in [0.15, 0.2) is 5.84 Å². The first-order chi connectivity index (χ1) is 8.74. The van der Waals surface area contributed by atoms with E-state index in [0.717, 1.165) is 31.7 Å². The molecule has 1 aromatic heterocycles. The van der Waals surface area contributed by atoms with Crippen LogP contribution in [-0.2, 0) is 0 Å². The summed E-state index contributed by atoms with van der Waals surface area (Å²) in [4.78, 5) is 6.49. The molecule has 0 bridgehead atoms. The molecule has 0 spiro atoms. The maximum atomic E-state index is 8.73. The van der Waals surface area contributed by atoms with Crippen molar-refractivity contribution in [1.82, 2.24) is 4.98 Å². The van der Waals surface area contributed by atoms with E-state index in [9.17, 15) is 0 Å². The fourth-order valence-electron chi connectivity index (χ4n) is 2.19. The Hall–Kier alpha value is -1.49. The normalized spacial score (nSPS) is 17.6. The van der Waals surface area contributed by atoms with Crippen molar-refractivity contribution in [3.05, 3.63) is 22.8 Å². The molecule has 6 heteroatoms. The van der Waals surface area contributed by atoms with Crippen molar-refractivity contribution in [2.24, 2.45) is 10.9 Å². The first-order valence-corrected chi connectivity index (χ1v) is 6.49. The van der Waals surface area contributed by atoms with E-state index in [0.29, 0.717) is 10.6 Å². The molecule has 0 aromatic carbocycles. The van der Waals surface area contributed by atoms with Gasteiger partial charge in [-0.25, -0.2) is 4.98 Å². The molecule has 2 heterocycles. The number of oxime groups is 1. The minimum Gasteiger partial charge on any atom is -0.409 e. The SMILES string of the molecule is N/C(=N/O)c1ccnc(N2CCCCCC2)c1Cl. The van der Waals surface area contributed by atoms with Crippen LogP contribution in [0.2, 0.25) is 5.02 Å². The van der Waals surface area contributed by atoms with Gasteiger partial charge in [-0.05, 0) is 18.9 Å². The number of nitrogens with two attached hydrogens (primary N) is 1. The molecule has 18 heavy (non-hydrogen) atoms. The van der Waals surface area contributed by atoms with Crippen molar-refractivity contribution in [2.45, 2.75) is 25.7 Å². The first-order valence-electron chi connectivity index (χ1n) is 6.11. The number of hydrogen-bond donors (Lipinski definition) is 2. The summed E-state index contributed by atoms with van der Waals surface area (Å²) in [5.74, 6) is 0.737. The van der Waals surface area contributed by atoms with Gasteiger partial charge in [0.25, 0.3) is 0 Å². The van der Waals surface area contributed by atoms with Crippen molar-refractivity contribution in [3.8, 4) is 0 Å². The second kappa shape index (κ2) is 5.91. The number of nitrogens with zero attached hydrogens (tertiary/aromatic N) is 3. The summed E-state index contributed by atoms with van der Waals surface area (Å²) in [5.41, 5.74) is 6.12. The number of aromatic nitrogens is 1. The van der Waals surface area contributed by atoms with E-state index >= 15 is 0 Å². The quantitative estimate of drug-likeness (QED) is 0.373. The Bertz CT molecular complexity index is 442. The third-order valence-electron chi connectivity index (χ3n) is 3.16. The standard InChI is InChI=1S/C12H17ClN4O/c13-10-9(11(14)16-18)5-6-15-12(10)17-7-3-1-2-4-8-17/h5-6,18H,1-4,7-8H2,(H2,14,16). The van der Waals surface area contributed by atoms with Crippen LogP contribution in [0.5, 0.6) is 0 Å². The van der Waals surface area contributed by atoms with Gasteiger partial charge in [0, 0.05) is 24.8 Å². The lowest BCUT2D eigenvalue weighted by Gasteiger charge is -2.23. The fraction of sp³-hybridized carbons (Fsp3) is 0.500. The molecule has 0 radical (unpaired) electrons. The van der Waals surface area contributed by atoms with Crippen LogP contribution in [-0.4, -0.2) is 29.1 Å². The van der Waals surface area contributed by atoms with Crippen LogP contribution in [0.4, 0.5) is 5.82 Å². The number of hydrogen-bond acceptors (Lipinski definition) is 4. The molecule has 2 rings (SSSR count). The second-order valence-electron chi connectivity index (χ2n) is 4.38. The molecule has 1 aliphatic heterocycles. The minimum atomic E-state index is 0.0125. The Morgan fingerprint density at radius 3 is 2.61 bits per heavy atom. The Labute approximate surface area is 111 Å². The van der Waals surface area contributed by atoms with E-state index in [1.165, 1.54) is 12.8 Å². The van der Waals surface area contributed by atoms with Crippen LogP contribution in [0.15, 0.2) is 17.4 Å². The maximum Gasteiger partial charge on any atom is 0.171 e. The molecule has 0 amide bonds. The van der Waals surface area contributed by atoms with Crippen molar-refractivity contribution in [3.63, 3.8) is 0 Å². The Morgan fingerprint density at radius 1 is 1.33 bits per heavy atom. The summed E-state index contributed by atoms with van der Waals surface area (Å²) in [7, 11) is 0. The van der Waals surface area contributed by atoms with Crippen molar-refractivity contribution >= 4 is 23.3 Å². The second-order valence-corrected chi connectivity index (χ2v) is 4.76. The molecule has 3 N–H and O–H groups in total. The molecule has 1 fully saturated rings. The van der Waals surface area contributed by atoms with Crippen LogP contribution in [0.1, 0.15) is 31.2 Å². The van der Waals surface area contributed by atoms with Crippen LogP contribution in [0.3, 0.4) is 0 Å². The van der Waals surface area contributed by atoms with Crippen molar-refractivity contribution in [2.75, 3.05) is 18.0 Å². The van der Waals surface area contributed by atoms with E-state index in [1.54, 1.807) is 12.3 Å². The molecule has 1 aliphatic rings. The van der Waals surface area contributed by atoms with E-state index in [4.69, 9.17) is 22.5 Å². The van der Waals surface area contributed by atoms with Gasteiger partial charge in [0.2, 0.25) is 0 Å². The van der Waals surface area contributed by atoms with E-state index in [2.05, 4.69) is 15.0 Å². The highest BCUT2D eigenvalue weighted by atomic mass is 35.5. The molecule has 0 aliphatic carbocycles. The zero-order valence-electron chi connectivity index (χ0n) is 10.1. The lowest BCUT2D eigenvalue weighted by molar-refractivity contribution is 0.318. The molecule has 0 atom stereocenters. The van der Waals surface area contributed by atoms with Gasteiger partial charge in [-0.1, -0.05) is 29.6 Å². The Kier molecular flexibility index (Phi) is 4.25. The van der Waals surface area contributed by atoms with Crippen LogP contribution < -0.4 is 10.6 Å². The first kappa shape index (κ1) is 13.0. The van der Waals surface area contributed by atoms with Gasteiger partial charge in [-0.15, -0.1) is 0 Å².